The zero-order chi connectivity index (χ0) is 15.1. The highest BCUT2D eigenvalue weighted by molar-refractivity contribution is 5.78. The first-order valence-electron chi connectivity index (χ1n) is 7.67. The van der Waals surface area contributed by atoms with E-state index in [1.807, 2.05) is 27.7 Å². The van der Waals surface area contributed by atoms with Crippen LogP contribution in [0.5, 0.6) is 0 Å². The van der Waals surface area contributed by atoms with E-state index in [4.69, 9.17) is 9.57 Å². The minimum Gasteiger partial charge on any atom is -0.392 e. The molecule has 0 radical (unpaired) electrons. The Morgan fingerprint density at radius 1 is 1.35 bits per heavy atom. The Morgan fingerprint density at radius 2 is 2.05 bits per heavy atom. The van der Waals surface area contributed by atoms with Crippen molar-refractivity contribution < 1.29 is 19.5 Å². The van der Waals surface area contributed by atoms with Crippen molar-refractivity contribution in [1.82, 2.24) is 5.48 Å². The van der Waals surface area contributed by atoms with E-state index in [1.54, 1.807) is 0 Å². The number of hydroxylamine groups is 1. The molecule has 1 heterocycles. The molecule has 0 aromatic rings. The summed E-state index contributed by atoms with van der Waals surface area (Å²) in [5.41, 5.74) is 2.47. The van der Waals surface area contributed by atoms with Crippen molar-refractivity contribution in [3.63, 3.8) is 0 Å². The average molecular weight is 287 g/mol. The number of carbonyl (C=O) groups is 1. The van der Waals surface area contributed by atoms with Crippen LogP contribution in [0.2, 0.25) is 0 Å². The molecule has 5 heteroatoms. The largest absolute Gasteiger partial charge is 0.392 e. The number of aliphatic hydroxyl groups is 1. The molecule has 20 heavy (non-hydrogen) atoms. The van der Waals surface area contributed by atoms with Crippen molar-refractivity contribution >= 4 is 5.91 Å². The lowest BCUT2D eigenvalue weighted by molar-refractivity contribution is -0.204. The molecule has 1 amide bonds. The van der Waals surface area contributed by atoms with Gasteiger partial charge in [-0.2, -0.15) is 0 Å². The number of nitrogens with one attached hydrogen (secondary N) is 1. The fourth-order valence-electron chi connectivity index (χ4n) is 2.38. The fourth-order valence-corrected chi connectivity index (χ4v) is 2.38. The first kappa shape index (κ1) is 17.4. The quantitative estimate of drug-likeness (QED) is 0.705. The van der Waals surface area contributed by atoms with Crippen molar-refractivity contribution in [1.29, 1.82) is 0 Å². The SMILES string of the molecule is CC(C)C[C@@H](C(=O)NOC1CCCCO1)[C@H](O)C(C)C. The number of rotatable bonds is 7. The van der Waals surface area contributed by atoms with Crippen LogP contribution in [-0.2, 0) is 14.4 Å². The first-order valence-corrected chi connectivity index (χ1v) is 7.67. The van der Waals surface area contributed by atoms with E-state index in [9.17, 15) is 9.90 Å². The maximum Gasteiger partial charge on any atom is 0.249 e. The minimum atomic E-state index is -0.659. The Balaban J connectivity index is 2.49. The van der Waals surface area contributed by atoms with Crippen molar-refractivity contribution in [3.8, 4) is 0 Å². The zero-order valence-corrected chi connectivity index (χ0v) is 13.1. The summed E-state index contributed by atoms with van der Waals surface area (Å²) in [5, 5.41) is 10.2. The van der Waals surface area contributed by atoms with Gasteiger partial charge in [0.25, 0.3) is 0 Å². The minimum absolute atomic E-state index is 0.0374. The fraction of sp³-hybridized carbons (Fsp3) is 0.933. The van der Waals surface area contributed by atoms with Crippen molar-refractivity contribution in [2.45, 2.75) is 65.8 Å². The van der Waals surface area contributed by atoms with E-state index in [0.29, 0.717) is 18.9 Å². The molecule has 0 spiro atoms. The smallest absolute Gasteiger partial charge is 0.249 e. The van der Waals surface area contributed by atoms with E-state index in [1.165, 1.54) is 0 Å². The van der Waals surface area contributed by atoms with E-state index in [0.717, 1.165) is 19.3 Å². The molecule has 0 aromatic carbocycles. The van der Waals surface area contributed by atoms with Gasteiger partial charge in [-0.3, -0.25) is 4.79 Å². The van der Waals surface area contributed by atoms with E-state index < -0.39 is 12.0 Å². The third kappa shape index (κ3) is 5.77. The summed E-state index contributed by atoms with van der Waals surface area (Å²) < 4.78 is 5.40. The molecular formula is C15H29NO4. The van der Waals surface area contributed by atoms with Crippen LogP contribution in [0, 0.1) is 17.8 Å². The van der Waals surface area contributed by atoms with Crippen LogP contribution >= 0.6 is 0 Å². The number of aliphatic hydroxyl groups excluding tert-OH is 1. The van der Waals surface area contributed by atoms with Crippen LogP contribution in [0.3, 0.4) is 0 Å². The molecule has 118 valence electrons. The van der Waals surface area contributed by atoms with E-state index in [-0.39, 0.29) is 18.1 Å². The van der Waals surface area contributed by atoms with Gasteiger partial charge in [0.15, 0.2) is 6.29 Å². The molecule has 1 rings (SSSR count). The summed E-state index contributed by atoms with van der Waals surface area (Å²) in [6.45, 7) is 8.58. The molecule has 0 aromatic heterocycles. The predicted molar refractivity (Wildman–Crippen MR) is 76.6 cm³/mol. The Kier molecular flexibility index (Phi) is 7.48. The van der Waals surface area contributed by atoms with Gasteiger partial charge in [0.05, 0.1) is 12.0 Å². The average Bonchev–Trinajstić information content (AvgIpc) is 2.42. The molecule has 2 N–H and O–H groups in total. The second kappa shape index (κ2) is 8.60. The normalized spacial score (nSPS) is 22.9. The lowest BCUT2D eigenvalue weighted by atomic mass is 9.86. The third-order valence-corrected chi connectivity index (χ3v) is 3.59. The summed E-state index contributed by atoms with van der Waals surface area (Å²) in [7, 11) is 0. The summed E-state index contributed by atoms with van der Waals surface area (Å²) in [5.74, 6) is -0.326. The number of ether oxygens (including phenoxy) is 1. The summed E-state index contributed by atoms with van der Waals surface area (Å²) in [6.07, 6.45) is 2.50. The van der Waals surface area contributed by atoms with Crippen LogP contribution in [-0.4, -0.2) is 30.0 Å². The molecule has 1 saturated heterocycles. The first-order chi connectivity index (χ1) is 9.41. The maximum absolute atomic E-state index is 12.2. The molecule has 1 aliphatic heterocycles. The van der Waals surface area contributed by atoms with Crippen molar-refractivity contribution in [2.24, 2.45) is 17.8 Å². The number of hydrogen-bond donors (Lipinski definition) is 2. The van der Waals surface area contributed by atoms with Gasteiger partial charge in [0.2, 0.25) is 5.91 Å². The van der Waals surface area contributed by atoms with E-state index >= 15 is 0 Å². The van der Waals surface area contributed by atoms with Crippen LogP contribution in [0.25, 0.3) is 0 Å². The van der Waals surface area contributed by atoms with Crippen LogP contribution < -0.4 is 5.48 Å². The zero-order valence-electron chi connectivity index (χ0n) is 13.1. The molecule has 1 aliphatic rings. The van der Waals surface area contributed by atoms with Gasteiger partial charge >= 0.3 is 0 Å². The van der Waals surface area contributed by atoms with Crippen LogP contribution in [0.15, 0.2) is 0 Å². The molecule has 5 nitrogen and oxygen atoms in total. The molecule has 1 unspecified atom stereocenters. The Labute approximate surface area is 122 Å². The molecule has 1 fully saturated rings. The topological polar surface area (TPSA) is 67.8 Å². The van der Waals surface area contributed by atoms with Gasteiger partial charge in [-0.15, -0.1) is 0 Å². The van der Waals surface area contributed by atoms with Gasteiger partial charge in [-0.25, -0.2) is 10.3 Å². The second-order valence-corrected chi connectivity index (χ2v) is 6.35. The van der Waals surface area contributed by atoms with Crippen LogP contribution in [0.1, 0.15) is 53.4 Å². The molecule has 0 saturated carbocycles. The lowest BCUT2D eigenvalue weighted by Crippen LogP contribution is -2.42. The highest BCUT2D eigenvalue weighted by Gasteiger charge is 2.30. The number of carbonyl (C=O) groups excluding carboxylic acids is 1. The lowest BCUT2D eigenvalue weighted by Gasteiger charge is -2.28. The predicted octanol–water partition coefficient (Wildman–Crippen LogP) is 2.24. The monoisotopic (exact) mass is 287 g/mol. The standard InChI is InChI=1S/C15H29NO4/c1-10(2)9-12(14(17)11(3)4)15(18)16-20-13-7-5-6-8-19-13/h10-14,17H,5-9H2,1-4H3,(H,16,18)/t12-,13?,14-/m1/s1. The van der Waals surface area contributed by atoms with Crippen molar-refractivity contribution in [3.05, 3.63) is 0 Å². The third-order valence-electron chi connectivity index (χ3n) is 3.59. The molecule has 0 bridgehead atoms. The van der Waals surface area contributed by atoms with Gasteiger partial charge in [-0.05, 0) is 31.1 Å². The molecule has 3 atom stereocenters. The summed E-state index contributed by atoms with van der Waals surface area (Å²) >= 11 is 0. The number of amides is 1. The highest BCUT2D eigenvalue weighted by Crippen LogP contribution is 2.21. The maximum atomic E-state index is 12.2. The Bertz CT molecular complexity index is 288. The summed E-state index contributed by atoms with van der Waals surface area (Å²) in [4.78, 5) is 17.5. The number of hydrogen-bond acceptors (Lipinski definition) is 4. The summed E-state index contributed by atoms with van der Waals surface area (Å²) in [6, 6.07) is 0. The van der Waals surface area contributed by atoms with Gasteiger partial charge < -0.3 is 9.84 Å². The van der Waals surface area contributed by atoms with Gasteiger partial charge in [0.1, 0.15) is 0 Å². The Morgan fingerprint density at radius 3 is 2.55 bits per heavy atom. The molecule has 0 aliphatic carbocycles. The highest BCUT2D eigenvalue weighted by atomic mass is 16.8. The van der Waals surface area contributed by atoms with E-state index in [2.05, 4.69) is 5.48 Å². The Hall–Kier alpha value is -0.650. The van der Waals surface area contributed by atoms with Crippen molar-refractivity contribution in [2.75, 3.05) is 6.61 Å². The second-order valence-electron chi connectivity index (χ2n) is 6.35. The van der Waals surface area contributed by atoms with Gasteiger partial charge in [-0.1, -0.05) is 27.7 Å². The molecular weight excluding hydrogens is 258 g/mol. The van der Waals surface area contributed by atoms with Crippen LogP contribution in [0.4, 0.5) is 0 Å². The van der Waals surface area contributed by atoms with Gasteiger partial charge in [0, 0.05) is 13.0 Å².